The first-order valence-corrected chi connectivity index (χ1v) is 22.6. The highest BCUT2D eigenvalue weighted by molar-refractivity contribution is 6.13. The minimum atomic E-state index is -0.464. The lowest BCUT2D eigenvalue weighted by Gasteiger charge is -2.34. The summed E-state index contributed by atoms with van der Waals surface area (Å²) in [6.07, 6.45) is 0. The molecule has 0 aliphatic heterocycles. The van der Waals surface area contributed by atoms with E-state index in [2.05, 4.69) is 248 Å². The second-order valence-electron chi connectivity index (χ2n) is 17.7. The summed E-state index contributed by atoms with van der Waals surface area (Å²) in [4.78, 5) is 2.43. The Balaban J connectivity index is 0.991. The maximum Gasteiger partial charge on any atom is 0.137 e. The largest absolute Gasteiger partial charge is 0.456 e. The summed E-state index contributed by atoms with van der Waals surface area (Å²) < 4.78 is 6.51. The lowest BCUT2D eigenvalue weighted by atomic mass is 9.67. The zero-order valence-corrected chi connectivity index (χ0v) is 35.9. The van der Waals surface area contributed by atoms with Crippen molar-refractivity contribution in [3.63, 3.8) is 0 Å². The SMILES string of the molecule is CC1(c2ccccc2)c2ccccc2-c2ccc(N(c3ccc(-c4ccc5c(c4)C(c4ccccc4)(c4ccccc4)c4ccccc4-5)cc3)c3cccc4oc5ccccc5c34)cc21. The molecule has 2 heteroatoms. The molecule has 0 amide bonds. The molecule has 65 heavy (non-hydrogen) atoms. The van der Waals surface area contributed by atoms with Crippen molar-refractivity contribution in [2.24, 2.45) is 0 Å². The molecular formula is C63H43NO. The summed E-state index contributed by atoms with van der Waals surface area (Å²) in [5, 5.41) is 2.19. The highest BCUT2D eigenvalue weighted by atomic mass is 16.3. The van der Waals surface area contributed by atoms with E-state index >= 15 is 0 Å². The smallest absolute Gasteiger partial charge is 0.137 e. The molecule has 0 spiro atoms. The van der Waals surface area contributed by atoms with E-state index in [9.17, 15) is 0 Å². The molecule has 13 rings (SSSR count). The van der Waals surface area contributed by atoms with E-state index in [1.54, 1.807) is 0 Å². The van der Waals surface area contributed by atoms with Crippen LogP contribution in [0.3, 0.4) is 0 Å². The van der Waals surface area contributed by atoms with Gasteiger partial charge in [-0.2, -0.15) is 0 Å². The molecule has 306 valence electrons. The maximum atomic E-state index is 6.51. The Morgan fingerprint density at radius 3 is 1.60 bits per heavy atom. The van der Waals surface area contributed by atoms with Crippen molar-refractivity contribution in [3.8, 4) is 33.4 Å². The van der Waals surface area contributed by atoms with E-state index in [-0.39, 0.29) is 5.41 Å². The molecule has 11 aromatic rings. The third-order valence-electron chi connectivity index (χ3n) is 14.4. The van der Waals surface area contributed by atoms with E-state index in [1.807, 2.05) is 6.07 Å². The maximum absolute atomic E-state index is 6.51. The fourth-order valence-corrected chi connectivity index (χ4v) is 11.5. The molecule has 0 bridgehead atoms. The first-order chi connectivity index (χ1) is 32.1. The molecule has 1 atom stereocenters. The number of benzene rings is 10. The van der Waals surface area contributed by atoms with Crippen LogP contribution >= 0.6 is 0 Å². The van der Waals surface area contributed by atoms with Crippen LogP contribution in [0.15, 0.2) is 247 Å². The fraction of sp³-hybridized carbons (Fsp3) is 0.0476. The van der Waals surface area contributed by atoms with Crippen molar-refractivity contribution in [3.05, 3.63) is 282 Å². The number of fused-ring (bicyclic) bond motifs is 9. The Kier molecular flexibility index (Phi) is 8.29. The summed E-state index contributed by atoms with van der Waals surface area (Å²) in [6, 6.07) is 89.1. The van der Waals surface area contributed by atoms with Gasteiger partial charge < -0.3 is 9.32 Å². The van der Waals surface area contributed by atoms with Crippen LogP contribution in [0.2, 0.25) is 0 Å². The predicted molar refractivity (Wildman–Crippen MR) is 269 cm³/mol. The van der Waals surface area contributed by atoms with Crippen LogP contribution < -0.4 is 4.90 Å². The van der Waals surface area contributed by atoms with Gasteiger partial charge in [0.2, 0.25) is 0 Å². The molecule has 10 aromatic carbocycles. The van der Waals surface area contributed by atoms with Crippen molar-refractivity contribution in [2.75, 3.05) is 4.90 Å². The minimum absolute atomic E-state index is 0.338. The van der Waals surface area contributed by atoms with Crippen LogP contribution in [-0.4, -0.2) is 0 Å². The van der Waals surface area contributed by atoms with Crippen LogP contribution in [0.5, 0.6) is 0 Å². The molecule has 0 fully saturated rings. The average Bonchev–Trinajstić information content (AvgIpc) is 4.00. The second kappa shape index (κ2) is 14.4. The molecule has 0 saturated carbocycles. The molecule has 0 N–H and O–H groups in total. The van der Waals surface area contributed by atoms with Crippen molar-refractivity contribution in [2.45, 2.75) is 17.8 Å². The van der Waals surface area contributed by atoms with Gasteiger partial charge in [-0.15, -0.1) is 0 Å². The number of para-hydroxylation sites is 1. The van der Waals surface area contributed by atoms with Gasteiger partial charge in [0, 0.05) is 22.2 Å². The van der Waals surface area contributed by atoms with Crippen LogP contribution in [-0.2, 0) is 10.8 Å². The second-order valence-corrected chi connectivity index (χ2v) is 17.7. The highest BCUT2D eigenvalue weighted by Gasteiger charge is 2.46. The van der Waals surface area contributed by atoms with Crippen LogP contribution in [0.4, 0.5) is 17.1 Å². The minimum Gasteiger partial charge on any atom is -0.456 e. The van der Waals surface area contributed by atoms with Crippen molar-refractivity contribution >= 4 is 39.0 Å². The lowest BCUT2D eigenvalue weighted by molar-refractivity contribution is 0.669. The first kappa shape index (κ1) is 37.4. The van der Waals surface area contributed by atoms with Crippen molar-refractivity contribution in [1.29, 1.82) is 0 Å². The zero-order valence-electron chi connectivity index (χ0n) is 35.9. The predicted octanol–water partition coefficient (Wildman–Crippen LogP) is 16.4. The zero-order chi connectivity index (χ0) is 43.1. The van der Waals surface area contributed by atoms with Crippen LogP contribution in [0.1, 0.15) is 45.9 Å². The Hall–Kier alpha value is -8.20. The molecule has 1 aromatic heterocycles. The summed E-state index contributed by atoms with van der Waals surface area (Å²) in [5.74, 6) is 0. The van der Waals surface area contributed by atoms with E-state index in [4.69, 9.17) is 4.42 Å². The number of hydrogen-bond donors (Lipinski definition) is 0. The monoisotopic (exact) mass is 829 g/mol. The molecule has 1 unspecified atom stereocenters. The van der Waals surface area contributed by atoms with Crippen LogP contribution in [0, 0.1) is 0 Å². The van der Waals surface area contributed by atoms with Gasteiger partial charge in [-0.3, -0.25) is 0 Å². The Morgan fingerprint density at radius 1 is 0.354 bits per heavy atom. The third kappa shape index (κ3) is 5.41. The van der Waals surface area contributed by atoms with Crippen molar-refractivity contribution < 1.29 is 4.42 Å². The molecule has 1 heterocycles. The van der Waals surface area contributed by atoms with E-state index in [1.165, 1.54) is 66.8 Å². The molecule has 2 nitrogen and oxygen atoms in total. The summed E-state index contributed by atoms with van der Waals surface area (Å²) >= 11 is 0. The normalized spacial score (nSPS) is 15.3. The van der Waals surface area contributed by atoms with E-state index in [0.29, 0.717) is 0 Å². The Bertz CT molecular complexity index is 3570. The topological polar surface area (TPSA) is 16.4 Å². The number of furan rings is 1. The highest BCUT2D eigenvalue weighted by Crippen LogP contribution is 2.57. The molecule has 0 saturated heterocycles. The molecule has 2 aliphatic carbocycles. The Labute approximate surface area is 379 Å². The number of hydrogen-bond acceptors (Lipinski definition) is 2. The number of nitrogens with zero attached hydrogens (tertiary/aromatic N) is 1. The van der Waals surface area contributed by atoms with Gasteiger partial charge in [-0.25, -0.2) is 0 Å². The molecule has 0 radical (unpaired) electrons. The lowest BCUT2D eigenvalue weighted by Crippen LogP contribution is -2.28. The number of rotatable bonds is 7. The van der Waals surface area contributed by atoms with E-state index < -0.39 is 5.41 Å². The van der Waals surface area contributed by atoms with Crippen molar-refractivity contribution in [1.82, 2.24) is 0 Å². The van der Waals surface area contributed by atoms with Gasteiger partial charge in [0.15, 0.2) is 0 Å². The standard InChI is InChI=1S/C63H43NO/c1-62(44-18-5-2-6-19-44)54-27-14-11-24-49(54)51-39-37-48(41-56(51)62)64(58-29-17-31-60-61(58)53-26-13-16-30-59(53)65-60)47-35-32-42(33-36-47)43-34-38-52-50-25-12-15-28-55(50)63(57(52)40-43,45-20-7-3-8-21-45)46-22-9-4-10-23-46/h2-41H,1H3. The van der Waals surface area contributed by atoms with Gasteiger partial charge in [0.25, 0.3) is 0 Å². The summed E-state index contributed by atoms with van der Waals surface area (Å²) in [7, 11) is 0. The fourth-order valence-electron chi connectivity index (χ4n) is 11.5. The van der Waals surface area contributed by atoms with Gasteiger partial charge in [-0.05, 0) is 128 Å². The number of anilines is 3. The molecule has 2 aliphatic rings. The van der Waals surface area contributed by atoms with Crippen LogP contribution in [0.25, 0.3) is 55.3 Å². The van der Waals surface area contributed by atoms with Gasteiger partial charge in [0.1, 0.15) is 11.2 Å². The van der Waals surface area contributed by atoms with Gasteiger partial charge in [0.05, 0.1) is 16.5 Å². The third-order valence-corrected chi connectivity index (χ3v) is 14.4. The summed E-state index contributed by atoms with van der Waals surface area (Å²) in [6.45, 7) is 2.39. The first-order valence-electron chi connectivity index (χ1n) is 22.6. The summed E-state index contributed by atoms with van der Waals surface area (Å²) in [5.41, 5.74) is 20.7. The quantitative estimate of drug-likeness (QED) is 0.159. The Morgan fingerprint density at radius 2 is 0.877 bits per heavy atom. The molecular weight excluding hydrogens is 787 g/mol. The van der Waals surface area contributed by atoms with E-state index in [0.717, 1.165) is 44.6 Å². The van der Waals surface area contributed by atoms with Gasteiger partial charge in [-0.1, -0.05) is 194 Å². The average molecular weight is 830 g/mol. The van der Waals surface area contributed by atoms with Gasteiger partial charge >= 0.3 is 0 Å².